The normalized spacial score (nSPS) is 37.4. The quantitative estimate of drug-likeness (QED) is 0.580. The van der Waals surface area contributed by atoms with E-state index in [-0.39, 0.29) is 24.2 Å². The van der Waals surface area contributed by atoms with Gasteiger partial charge in [-0.25, -0.2) is 0 Å². The summed E-state index contributed by atoms with van der Waals surface area (Å²) in [5.74, 6) is 2.11. The van der Waals surface area contributed by atoms with E-state index in [2.05, 4.69) is 13.8 Å². The third-order valence-electron chi connectivity index (χ3n) is 3.72. The lowest BCUT2D eigenvalue weighted by Gasteiger charge is -2.34. The summed E-state index contributed by atoms with van der Waals surface area (Å²) in [5, 5.41) is 0. The molecule has 2 heterocycles. The zero-order valence-corrected chi connectivity index (χ0v) is 11.6. The van der Waals surface area contributed by atoms with Crippen LogP contribution in [0.2, 0.25) is 0 Å². The van der Waals surface area contributed by atoms with E-state index in [0.29, 0.717) is 0 Å². The SMILES string of the molecule is Br.CC1CC(C)C[P+]2(CCCC2)C1. The summed E-state index contributed by atoms with van der Waals surface area (Å²) >= 11 is 0. The van der Waals surface area contributed by atoms with Crippen molar-refractivity contribution in [2.24, 2.45) is 11.8 Å². The molecule has 1 spiro atoms. The molecule has 2 aliphatic rings. The topological polar surface area (TPSA) is 0 Å². The van der Waals surface area contributed by atoms with Gasteiger partial charge in [0.25, 0.3) is 0 Å². The molecule has 2 heteroatoms. The maximum absolute atomic E-state index is 2.48. The maximum Gasteiger partial charge on any atom is 0.0620 e. The van der Waals surface area contributed by atoms with Crippen molar-refractivity contribution in [2.75, 3.05) is 24.6 Å². The van der Waals surface area contributed by atoms with Gasteiger partial charge in [0.1, 0.15) is 0 Å². The third kappa shape index (κ3) is 2.69. The molecule has 2 aliphatic heterocycles. The molecule has 2 unspecified atom stereocenters. The smallest absolute Gasteiger partial charge is 0.0620 e. The highest BCUT2D eigenvalue weighted by Crippen LogP contribution is 2.68. The van der Waals surface area contributed by atoms with Crippen molar-refractivity contribution in [3.63, 3.8) is 0 Å². The predicted octanol–water partition coefficient (Wildman–Crippen LogP) is 4.05. The molecule has 0 aromatic carbocycles. The number of rotatable bonds is 0. The van der Waals surface area contributed by atoms with Gasteiger partial charge in [-0.3, -0.25) is 0 Å². The van der Waals surface area contributed by atoms with Crippen molar-refractivity contribution in [1.82, 2.24) is 0 Å². The summed E-state index contributed by atoms with van der Waals surface area (Å²) < 4.78 is 0. The van der Waals surface area contributed by atoms with Crippen LogP contribution in [0.15, 0.2) is 0 Å². The molecule has 0 amide bonds. The second kappa shape index (κ2) is 4.62. The highest BCUT2D eigenvalue weighted by atomic mass is 79.9. The fourth-order valence-electron chi connectivity index (χ4n) is 3.60. The van der Waals surface area contributed by atoms with Crippen LogP contribution in [0, 0.1) is 11.8 Å². The Kier molecular flexibility index (Phi) is 4.26. The maximum atomic E-state index is 2.48. The first-order valence-corrected chi connectivity index (χ1v) is 8.08. The van der Waals surface area contributed by atoms with E-state index in [4.69, 9.17) is 0 Å². The average molecular weight is 266 g/mol. The first-order valence-electron chi connectivity index (χ1n) is 5.55. The Labute approximate surface area is 94.0 Å². The molecule has 0 aromatic rings. The van der Waals surface area contributed by atoms with E-state index in [1.54, 1.807) is 37.5 Å². The van der Waals surface area contributed by atoms with Gasteiger partial charge in [-0.1, -0.05) is 13.8 Å². The van der Waals surface area contributed by atoms with Crippen molar-refractivity contribution in [3.05, 3.63) is 0 Å². The fraction of sp³-hybridized carbons (Fsp3) is 1.00. The van der Waals surface area contributed by atoms with E-state index in [1.165, 1.54) is 6.42 Å². The van der Waals surface area contributed by atoms with Crippen molar-refractivity contribution >= 4 is 24.2 Å². The minimum atomic E-state index is -0.353. The number of hydrogen-bond acceptors (Lipinski definition) is 0. The van der Waals surface area contributed by atoms with Crippen LogP contribution in [0.25, 0.3) is 0 Å². The van der Waals surface area contributed by atoms with Crippen LogP contribution in [0.3, 0.4) is 0 Å². The molecule has 2 fully saturated rings. The van der Waals surface area contributed by atoms with Gasteiger partial charge in [0.05, 0.1) is 24.6 Å². The molecular weight excluding hydrogens is 243 g/mol. The Morgan fingerprint density at radius 1 is 0.923 bits per heavy atom. The van der Waals surface area contributed by atoms with E-state index in [0.717, 1.165) is 11.8 Å². The van der Waals surface area contributed by atoms with Gasteiger partial charge in [-0.15, -0.1) is 17.0 Å². The predicted molar refractivity (Wildman–Crippen MR) is 68.9 cm³/mol. The lowest BCUT2D eigenvalue weighted by molar-refractivity contribution is 0.454. The van der Waals surface area contributed by atoms with Crippen molar-refractivity contribution in [3.8, 4) is 0 Å². The van der Waals surface area contributed by atoms with Gasteiger partial charge >= 0.3 is 0 Å². The second-order valence-electron chi connectivity index (χ2n) is 5.31. The second-order valence-corrected chi connectivity index (χ2v) is 9.62. The first-order chi connectivity index (χ1) is 5.70. The summed E-state index contributed by atoms with van der Waals surface area (Å²) in [6.45, 7) is 4.96. The van der Waals surface area contributed by atoms with Gasteiger partial charge in [-0.2, -0.15) is 0 Å². The lowest BCUT2D eigenvalue weighted by Crippen LogP contribution is -2.24. The number of halogens is 1. The van der Waals surface area contributed by atoms with Gasteiger partial charge in [-0.05, 0) is 31.1 Å². The fourth-order valence-corrected chi connectivity index (χ4v) is 9.44. The zero-order valence-electron chi connectivity index (χ0n) is 8.96. The summed E-state index contributed by atoms with van der Waals surface area (Å²) in [6, 6.07) is 0. The first kappa shape index (κ1) is 12.0. The van der Waals surface area contributed by atoms with E-state index in [9.17, 15) is 0 Å². The van der Waals surface area contributed by atoms with Gasteiger partial charge in [0.2, 0.25) is 0 Å². The standard InChI is InChI=1S/C11H22P.BrH/c1-10-7-11(2)9-12(8-10)5-3-4-6-12;/h10-11H,3-9H2,1-2H3;1H/q+1;. The zero-order chi connectivity index (χ0) is 8.60. The van der Waals surface area contributed by atoms with E-state index in [1.807, 2.05) is 0 Å². The molecule has 13 heavy (non-hydrogen) atoms. The summed E-state index contributed by atoms with van der Waals surface area (Å²) in [4.78, 5) is 0. The van der Waals surface area contributed by atoms with Crippen molar-refractivity contribution in [2.45, 2.75) is 33.1 Å². The van der Waals surface area contributed by atoms with Gasteiger partial charge in [0, 0.05) is 7.26 Å². The van der Waals surface area contributed by atoms with Crippen LogP contribution < -0.4 is 0 Å². The largest absolute Gasteiger partial charge is 0.114 e. The molecule has 0 radical (unpaired) electrons. The summed E-state index contributed by atoms with van der Waals surface area (Å²) in [7, 11) is -0.353. The number of hydrogen-bond donors (Lipinski definition) is 0. The molecule has 0 nitrogen and oxygen atoms in total. The van der Waals surface area contributed by atoms with Gasteiger partial charge in [0.15, 0.2) is 0 Å². The Bertz CT molecular complexity index is 151. The van der Waals surface area contributed by atoms with Crippen molar-refractivity contribution < 1.29 is 0 Å². The van der Waals surface area contributed by atoms with Crippen LogP contribution >= 0.6 is 24.2 Å². The van der Waals surface area contributed by atoms with Crippen molar-refractivity contribution in [1.29, 1.82) is 0 Å². The van der Waals surface area contributed by atoms with Gasteiger partial charge < -0.3 is 0 Å². The van der Waals surface area contributed by atoms with Crippen LogP contribution in [0.1, 0.15) is 33.1 Å². The molecule has 0 N–H and O–H groups in total. The Morgan fingerprint density at radius 2 is 1.38 bits per heavy atom. The molecule has 78 valence electrons. The molecule has 0 aromatic heterocycles. The molecule has 0 bridgehead atoms. The molecule has 0 aliphatic carbocycles. The summed E-state index contributed by atoms with van der Waals surface area (Å²) in [6.07, 6.45) is 11.3. The third-order valence-corrected chi connectivity index (χ3v) is 9.04. The highest BCUT2D eigenvalue weighted by molar-refractivity contribution is 8.93. The molecular formula is C11H23BrP+. The van der Waals surface area contributed by atoms with Crippen LogP contribution in [0.5, 0.6) is 0 Å². The Balaban J connectivity index is 0.000000845. The highest BCUT2D eigenvalue weighted by Gasteiger charge is 2.45. The van der Waals surface area contributed by atoms with Crippen LogP contribution in [-0.4, -0.2) is 24.6 Å². The summed E-state index contributed by atoms with van der Waals surface area (Å²) in [5.41, 5.74) is 0. The van der Waals surface area contributed by atoms with Crippen LogP contribution in [0.4, 0.5) is 0 Å². The lowest BCUT2D eigenvalue weighted by atomic mass is 10.00. The monoisotopic (exact) mass is 265 g/mol. The molecule has 2 atom stereocenters. The Hall–Kier alpha value is 0.910. The minimum Gasteiger partial charge on any atom is -0.114 e. The minimum absolute atomic E-state index is 0. The molecule has 2 saturated heterocycles. The molecule has 2 rings (SSSR count). The van der Waals surface area contributed by atoms with E-state index >= 15 is 0 Å². The van der Waals surface area contributed by atoms with Crippen LogP contribution in [-0.2, 0) is 0 Å². The average Bonchev–Trinajstić information content (AvgIpc) is 2.33. The molecule has 0 saturated carbocycles. The Morgan fingerprint density at radius 3 is 1.85 bits per heavy atom. The van der Waals surface area contributed by atoms with E-state index < -0.39 is 0 Å².